The first kappa shape index (κ1) is 17.8. The molecule has 1 heterocycles. The molecule has 0 fully saturated rings. The van der Waals surface area contributed by atoms with E-state index in [1.165, 1.54) is 18.3 Å². The number of amides is 1. The molecule has 1 amide bonds. The van der Waals surface area contributed by atoms with Gasteiger partial charge in [-0.05, 0) is 42.5 Å². The van der Waals surface area contributed by atoms with Gasteiger partial charge in [0.1, 0.15) is 23.1 Å². The van der Waals surface area contributed by atoms with Crippen molar-refractivity contribution >= 4 is 17.8 Å². The number of halogens is 1. The van der Waals surface area contributed by atoms with Crippen molar-refractivity contribution in [1.29, 1.82) is 0 Å². The summed E-state index contributed by atoms with van der Waals surface area (Å²) in [5, 5.41) is 24.1. The largest absolute Gasteiger partial charge is 0.507 e. The normalized spacial score (nSPS) is 10.9. The van der Waals surface area contributed by atoms with E-state index in [9.17, 15) is 24.4 Å². The minimum Gasteiger partial charge on any atom is -0.507 e. The quantitative estimate of drug-likeness (QED) is 0.406. The maximum atomic E-state index is 12.9. The molecule has 0 saturated carbocycles. The lowest BCUT2D eigenvalue weighted by molar-refractivity contribution is -0.384. The third-order valence-electron chi connectivity index (χ3n) is 3.55. The standard InChI is InChI=1S/C18H12FN3O5/c19-12-3-1-11(2-4-12)17-8-6-14(27-17)10-20-21-18(24)15-9-13(22(25)26)5-7-16(15)23/h1-10,23H,(H,21,24)/b20-10-. The van der Waals surface area contributed by atoms with Crippen molar-refractivity contribution in [2.75, 3.05) is 0 Å². The van der Waals surface area contributed by atoms with Gasteiger partial charge in [0.15, 0.2) is 0 Å². The highest BCUT2D eigenvalue weighted by Gasteiger charge is 2.16. The van der Waals surface area contributed by atoms with Crippen molar-refractivity contribution in [2.45, 2.75) is 0 Å². The summed E-state index contributed by atoms with van der Waals surface area (Å²) in [5.74, 6) is -0.793. The lowest BCUT2D eigenvalue weighted by Crippen LogP contribution is -2.17. The molecule has 3 aromatic rings. The number of hydrogen-bond acceptors (Lipinski definition) is 6. The number of furan rings is 1. The van der Waals surface area contributed by atoms with Crippen molar-refractivity contribution in [3.63, 3.8) is 0 Å². The molecule has 27 heavy (non-hydrogen) atoms. The Bertz CT molecular complexity index is 1030. The molecule has 0 unspecified atom stereocenters. The number of rotatable bonds is 5. The van der Waals surface area contributed by atoms with E-state index in [1.54, 1.807) is 24.3 Å². The van der Waals surface area contributed by atoms with Crippen molar-refractivity contribution < 1.29 is 23.6 Å². The van der Waals surface area contributed by atoms with Crippen molar-refractivity contribution in [1.82, 2.24) is 5.43 Å². The Morgan fingerprint density at radius 3 is 2.63 bits per heavy atom. The van der Waals surface area contributed by atoms with E-state index in [2.05, 4.69) is 10.5 Å². The van der Waals surface area contributed by atoms with Crippen LogP contribution in [0.5, 0.6) is 5.75 Å². The maximum absolute atomic E-state index is 12.9. The molecule has 0 aliphatic carbocycles. The van der Waals surface area contributed by atoms with E-state index in [0.717, 1.165) is 18.2 Å². The SMILES string of the molecule is O=C(N/N=C\c1ccc(-c2ccc(F)cc2)o1)c1cc([N+](=O)[O-])ccc1O. The average Bonchev–Trinajstić information content (AvgIpc) is 3.11. The van der Waals surface area contributed by atoms with Gasteiger partial charge < -0.3 is 9.52 Å². The summed E-state index contributed by atoms with van der Waals surface area (Å²) in [6.07, 6.45) is 1.22. The van der Waals surface area contributed by atoms with Crippen LogP contribution < -0.4 is 5.43 Å². The zero-order chi connectivity index (χ0) is 19.4. The molecule has 3 rings (SSSR count). The number of nitrogens with zero attached hydrogens (tertiary/aromatic N) is 2. The number of phenols is 1. The molecule has 2 N–H and O–H groups in total. The molecular weight excluding hydrogens is 357 g/mol. The Hall–Kier alpha value is -4.01. The fraction of sp³-hybridized carbons (Fsp3) is 0. The van der Waals surface area contributed by atoms with Crippen LogP contribution in [0.15, 0.2) is 64.1 Å². The van der Waals surface area contributed by atoms with Gasteiger partial charge in [-0.1, -0.05) is 0 Å². The van der Waals surface area contributed by atoms with E-state index in [0.29, 0.717) is 17.1 Å². The van der Waals surface area contributed by atoms with Crippen LogP contribution >= 0.6 is 0 Å². The van der Waals surface area contributed by atoms with Crippen LogP contribution in [0.25, 0.3) is 11.3 Å². The highest BCUT2D eigenvalue weighted by Crippen LogP contribution is 2.23. The molecule has 0 aliphatic rings. The number of hydrazone groups is 1. The Balaban J connectivity index is 1.69. The van der Waals surface area contributed by atoms with E-state index in [1.807, 2.05) is 0 Å². The van der Waals surface area contributed by atoms with Gasteiger partial charge in [-0.2, -0.15) is 5.10 Å². The first-order valence-electron chi connectivity index (χ1n) is 7.60. The second-order valence-electron chi connectivity index (χ2n) is 5.37. The molecule has 0 radical (unpaired) electrons. The van der Waals surface area contributed by atoms with Crippen LogP contribution in [0, 0.1) is 15.9 Å². The van der Waals surface area contributed by atoms with Crippen LogP contribution in [0.2, 0.25) is 0 Å². The maximum Gasteiger partial charge on any atom is 0.275 e. The van der Waals surface area contributed by atoms with Crippen LogP contribution in [-0.2, 0) is 0 Å². The monoisotopic (exact) mass is 369 g/mol. The van der Waals surface area contributed by atoms with Crippen LogP contribution in [0.1, 0.15) is 16.1 Å². The van der Waals surface area contributed by atoms with Crippen LogP contribution in [0.4, 0.5) is 10.1 Å². The fourth-order valence-electron chi connectivity index (χ4n) is 2.23. The zero-order valence-corrected chi connectivity index (χ0v) is 13.6. The lowest BCUT2D eigenvalue weighted by Gasteiger charge is -2.02. The van der Waals surface area contributed by atoms with Gasteiger partial charge in [-0.15, -0.1) is 0 Å². The number of hydrogen-bond donors (Lipinski definition) is 2. The van der Waals surface area contributed by atoms with Crippen molar-refractivity contribution in [2.24, 2.45) is 5.10 Å². The van der Waals surface area contributed by atoms with E-state index >= 15 is 0 Å². The van der Waals surface area contributed by atoms with E-state index in [4.69, 9.17) is 4.42 Å². The number of phenolic OH excluding ortho intramolecular Hbond substituents is 1. The zero-order valence-electron chi connectivity index (χ0n) is 13.6. The number of carbonyl (C=O) groups is 1. The predicted octanol–water partition coefficient (Wildman–Crippen LogP) is 3.46. The third-order valence-corrected chi connectivity index (χ3v) is 3.55. The van der Waals surface area contributed by atoms with Gasteiger partial charge in [-0.25, -0.2) is 9.82 Å². The molecule has 0 spiro atoms. The second kappa shape index (κ2) is 7.48. The van der Waals surface area contributed by atoms with Gasteiger partial charge in [0.05, 0.1) is 16.7 Å². The van der Waals surface area contributed by atoms with Gasteiger partial charge >= 0.3 is 0 Å². The number of nitro benzene ring substituents is 1. The summed E-state index contributed by atoms with van der Waals surface area (Å²) >= 11 is 0. The average molecular weight is 369 g/mol. The molecular formula is C18H12FN3O5. The molecule has 8 nitrogen and oxygen atoms in total. The smallest absolute Gasteiger partial charge is 0.275 e. The molecule has 0 aliphatic heterocycles. The van der Waals surface area contributed by atoms with Gasteiger partial charge in [0.2, 0.25) is 0 Å². The second-order valence-corrected chi connectivity index (χ2v) is 5.37. The summed E-state index contributed by atoms with van der Waals surface area (Å²) in [7, 11) is 0. The molecule has 2 aromatic carbocycles. The number of benzene rings is 2. The Morgan fingerprint density at radius 2 is 1.93 bits per heavy atom. The topological polar surface area (TPSA) is 118 Å². The highest BCUT2D eigenvalue weighted by molar-refractivity contribution is 5.97. The lowest BCUT2D eigenvalue weighted by atomic mass is 10.1. The Labute approximate surface area is 151 Å². The first-order valence-corrected chi connectivity index (χ1v) is 7.60. The number of nitro groups is 1. The van der Waals surface area contributed by atoms with E-state index in [-0.39, 0.29) is 17.1 Å². The summed E-state index contributed by atoms with van der Waals surface area (Å²) < 4.78 is 18.4. The Kier molecular flexibility index (Phi) is 4.93. The summed E-state index contributed by atoms with van der Waals surface area (Å²) in [5.41, 5.74) is 2.20. The number of nitrogens with one attached hydrogen (secondary N) is 1. The number of non-ortho nitro benzene ring substituents is 1. The third kappa shape index (κ3) is 4.15. The number of carbonyl (C=O) groups excluding carboxylic acids is 1. The first-order chi connectivity index (χ1) is 12.9. The van der Waals surface area contributed by atoms with Gasteiger partial charge in [-0.3, -0.25) is 14.9 Å². The van der Waals surface area contributed by atoms with Crippen molar-refractivity contribution in [3.8, 4) is 17.1 Å². The van der Waals surface area contributed by atoms with Crippen LogP contribution in [-0.4, -0.2) is 22.2 Å². The predicted molar refractivity (Wildman–Crippen MR) is 93.9 cm³/mol. The fourth-order valence-corrected chi connectivity index (χ4v) is 2.23. The minimum absolute atomic E-state index is 0.284. The summed E-state index contributed by atoms with van der Waals surface area (Å²) in [6.45, 7) is 0. The summed E-state index contributed by atoms with van der Waals surface area (Å²) in [6, 6.07) is 12.0. The molecule has 0 bridgehead atoms. The molecule has 136 valence electrons. The molecule has 0 saturated heterocycles. The highest BCUT2D eigenvalue weighted by atomic mass is 19.1. The molecule has 9 heteroatoms. The van der Waals surface area contributed by atoms with Gasteiger partial charge in [0, 0.05) is 17.7 Å². The van der Waals surface area contributed by atoms with Gasteiger partial charge in [0.25, 0.3) is 11.6 Å². The Morgan fingerprint density at radius 1 is 1.19 bits per heavy atom. The van der Waals surface area contributed by atoms with Crippen LogP contribution in [0.3, 0.4) is 0 Å². The number of aromatic hydroxyl groups is 1. The van der Waals surface area contributed by atoms with E-state index < -0.39 is 16.6 Å². The van der Waals surface area contributed by atoms with Crippen molar-refractivity contribution in [3.05, 3.63) is 81.9 Å². The summed E-state index contributed by atoms with van der Waals surface area (Å²) in [4.78, 5) is 22.1. The molecule has 1 aromatic heterocycles. The molecule has 0 atom stereocenters. The minimum atomic E-state index is -0.822.